The molecule has 1 aliphatic heterocycles. The summed E-state index contributed by atoms with van der Waals surface area (Å²) < 4.78 is 0. The van der Waals surface area contributed by atoms with Gasteiger partial charge in [0.2, 0.25) is 5.91 Å². The van der Waals surface area contributed by atoms with Crippen LogP contribution in [0.3, 0.4) is 0 Å². The van der Waals surface area contributed by atoms with Crippen molar-refractivity contribution in [3.63, 3.8) is 0 Å². The van der Waals surface area contributed by atoms with Crippen LogP contribution in [-0.2, 0) is 9.59 Å². The molecule has 1 aliphatic rings. The number of carboxylic acid groups (broad SMARTS) is 1. The van der Waals surface area contributed by atoms with Gasteiger partial charge in [0.1, 0.15) is 5.71 Å². The maximum absolute atomic E-state index is 11.3. The van der Waals surface area contributed by atoms with Crippen molar-refractivity contribution >= 4 is 17.6 Å². The molecule has 76 valence electrons. The topological polar surface area (TPSA) is 70.0 Å². The van der Waals surface area contributed by atoms with Gasteiger partial charge >= 0.3 is 5.97 Å². The minimum atomic E-state index is -1.05. The summed E-state index contributed by atoms with van der Waals surface area (Å²) in [7, 11) is 0. The van der Waals surface area contributed by atoms with E-state index >= 15 is 0 Å². The lowest BCUT2D eigenvalue weighted by Gasteiger charge is -2.21. The van der Waals surface area contributed by atoms with Crippen LogP contribution >= 0.6 is 0 Å². The van der Waals surface area contributed by atoms with Crippen LogP contribution in [0.5, 0.6) is 0 Å². The maximum atomic E-state index is 11.3. The first-order valence-corrected chi connectivity index (χ1v) is 4.37. The van der Waals surface area contributed by atoms with Crippen molar-refractivity contribution in [3.8, 4) is 0 Å². The maximum Gasteiger partial charge on any atom is 0.352 e. The van der Waals surface area contributed by atoms with Gasteiger partial charge in [-0.2, -0.15) is 5.10 Å². The lowest BCUT2D eigenvalue weighted by Crippen LogP contribution is -2.34. The minimum Gasteiger partial charge on any atom is -0.477 e. The number of rotatable bonds is 4. The van der Waals surface area contributed by atoms with Gasteiger partial charge < -0.3 is 5.11 Å². The average Bonchev–Trinajstić information content (AvgIpc) is 2.16. The van der Waals surface area contributed by atoms with Gasteiger partial charge in [0.25, 0.3) is 0 Å². The lowest BCUT2D eigenvalue weighted by atomic mass is 10.1. The van der Waals surface area contributed by atoms with E-state index in [1.54, 1.807) is 6.08 Å². The van der Waals surface area contributed by atoms with Crippen LogP contribution < -0.4 is 0 Å². The summed E-state index contributed by atoms with van der Waals surface area (Å²) in [6, 6.07) is 0. The first-order valence-electron chi connectivity index (χ1n) is 4.37. The van der Waals surface area contributed by atoms with E-state index in [0.717, 1.165) is 0 Å². The van der Waals surface area contributed by atoms with Crippen molar-refractivity contribution in [2.45, 2.75) is 19.3 Å². The van der Waals surface area contributed by atoms with Gasteiger partial charge in [-0.05, 0) is 6.42 Å². The zero-order valence-electron chi connectivity index (χ0n) is 7.77. The molecule has 14 heavy (non-hydrogen) atoms. The summed E-state index contributed by atoms with van der Waals surface area (Å²) in [5, 5.41) is 13.6. The Kier molecular flexibility index (Phi) is 3.39. The van der Waals surface area contributed by atoms with Crippen LogP contribution in [0.25, 0.3) is 0 Å². The molecule has 0 aromatic heterocycles. The van der Waals surface area contributed by atoms with E-state index in [-0.39, 0.29) is 24.5 Å². The van der Waals surface area contributed by atoms with Gasteiger partial charge in [-0.1, -0.05) is 6.08 Å². The van der Waals surface area contributed by atoms with Crippen LogP contribution in [0.2, 0.25) is 0 Å². The fourth-order valence-electron chi connectivity index (χ4n) is 1.14. The Bertz CT molecular complexity index is 296. The number of carbonyl (C=O) groups is 2. The van der Waals surface area contributed by atoms with Gasteiger partial charge in [0, 0.05) is 19.4 Å². The van der Waals surface area contributed by atoms with E-state index in [0.29, 0.717) is 13.0 Å². The molecule has 0 unspecified atom stereocenters. The Labute approximate surface area is 81.7 Å². The lowest BCUT2D eigenvalue weighted by molar-refractivity contribution is -0.132. The predicted octanol–water partition coefficient (Wildman–Crippen LogP) is 0.626. The number of carboxylic acids is 1. The Morgan fingerprint density at radius 3 is 2.93 bits per heavy atom. The number of aliphatic carboxylic acids is 1. The zero-order valence-corrected chi connectivity index (χ0v) is 7.77. The first kappa shape index (κ1) is 10.4. The summed E-state index contributed by atoms with van der Waals surface area (Å²) in [5.41, 5.74) is 0.0497. The molecule has 0 radical (unpaired) electrons. The van der Waals surface area contributed by atoms with Crippen LogP contribution in [0.4, 0.5) is 0 Å². The molecule has 1 amide bonds. The van der Waals surface area contributed by atoms with Crippen molar-refractivity contribution in [2.75, 3.05) is 6.54 Å². The molecule has 0 saturated carbocycles. The van der Waals surface area contributed by atoms with E-state index in [4.69, 9.17) is 5.11 Å². The smallest absolute Gasteiger partial charge is 0.352 e. The van der Waals surface area contributed by atoms with E-state index in [9.17, 15) is 9.59 Å². The molecule has 1 rings (SSSR count). The van der Waals surface area contributed by atoms with E-state index < -0.39 is 5.97 Å². The van der Waals surface area contributed by atoms with E-state index in [1.165, 1.54) is 5.01 Å². The molecular weight excluding hydrogens is 184 g/mol. The molecule has 0 fully saturated rings. The Morgan fingerprint density at radius 2 is 2.36 bits per heavy atom. The van der Waals surface area contributed by atoms with Gasteiger partial charge in [0.15, 0.2) is 0 Å². The number of hydrogen-bond donors (Lipinski definition) is 1. The van der Waals surface area contributed by atoms with Crippen LogP contribution in [0.1, 0.15) is 19.3 Å². The quantitative estimate of drug-likeness (QED) is 0.670. The second-order valence-corrected chi connectivity index (χ2v) is 2.95. The Morgan fingerprint density at radius 1 is 1.64 bits per heavy atom. The summed E-state index contributed by atoms with van der Waals surface area (Å²) in [4.78, 5) is 21.9. The number of amides is 1. The van der Waals surface area contributed by atoms with Crippen LogP contribution in [0, 0.1) is 0 Å². The van der Waals surface area contributed by atoms with Crippen molar-refractivity contribution in [3.05, 3.63) is 12.7 Å². The molecular formula is C9H12N2O3. The Balaban J connectivity index is 2.70. The highest BCUT2D eigenvalue weighted by Gasteiger charge is 2.23. The molecule has 1 heterocycles. The fourth-order valence-corrected chi connectivity index (χ4v) is 1.14. The molecule has 0 saturated heterocycles. The summed E-state index contributed by atoms with van der Waals surface area (Å²) in [5.74, 6) is -1.18. The molecule has 0 aromatic rings. The van der Waals surface area contributed by atoms with Crippen molar-refractivity contribution in [1.82, 2.24) is 5.01 Å². The minimum absolute atomic E-state index is 0.0497. The molecule has 5 heteroatoms. The third-order valence-corrected chi connectivity index (χ3v) is 1.90. The van der Waals surface area contributed by atoms with Gasteiger partial charge in [0.05, 0.1) is 0 Å². The fraction of sp³-hybridized carbons (Fsp3) is 0.444. The second kappa shape index (κ2) is 4.55. The summed E-state index contributed by atoms with van der Waals surface area (Å²) >= 11 is 0. The van der Waals surface area contributed by atoms with E-state index in [2.05, 4.69) is 11.7 Å². The normalized spacial score (nSPS) is 16.4. The molecule has 0 aromatic carbocycles. The first-order chi connectivity index (χ1) is 6.65. The average molecular weight is 196 g/mol. The standard InChI is InChI=1S/C9H12N2O3/c1-2-3-6-11-8(12)5-4-7(10-11)9(13)14/h2H,1,3-6H2,(H,13,14). The molecule has 0 aliphatic carbocycles. The summed E-state index contributed by atoms with van der Waals surface area (Å²) in [6.45, 7) is 3.92. The van der Waals surface area contributed by atoms with Gasteiger partial charge in [-0.25, -0.2) is 9.80 Å². The highest BCUT2D eigenvalue weighted by Crippen LogP contribution is 2.09. The zero-order chi connectivity index (χ0) is 10.6. The Hall–Kier alpha value is -1.65. The molecule has 1 N–H and O–H groups in total. The third-order valence-electron chi connectivity index (χ3n) is 1.90. The molecule has 0 spiro atoms. The van der Waals surface area contributed by atoms with Gasteiger partial charge in [-0.3, -0.25) is 4.79 Å². The van der Waals surface area contributed by atoms with Crippen molar-refractivity contribution < 1.29 is 14.7 Å². The summed E-state index contributed by atoms with van der Waals surface area (Å²) in [6.07, 6.45) is 2.72. The molecule has 0 atom stereocenters. The number of hydrazone groups is 1. The highest BCUT2D eigenvalue weighted by molar-refractivity contribution is 6.36. The van der Waals surface area contributed by atoms with Crippen molar-refractivity contribution in [2.24, 2.45) is 5.10 Å². The van der Waals surface area contributed by atoms with E-state index in [1.807, 2.05) is 0 Å². The highest BCUT2D eigenvalue weighted by atomic mass is 16.4. The number of nitrogens with zero attached hydrogens (tertiary/aromatic N) is 2. The van der Waals surface area contributed by atoms with Crippen LogP contribution in [-0.4, -0.2) is 34.2 Å². The predicted molar refractivity (Wildman–Crippen MR) is 50.8 cm³/mol. The molecule has 0 bridgehead atoms. The SMILES string of the molecule is C=CCCN1N=C(C(=O)O)CCC1=O. The van der Waals surface area contributed by atoms with Crippen molar-refractivity contribution in [1.29, 1.82) is 0 Å². The number of hydrogen-bond acceptors (Lipinski definition) is 3. The number of carbonyl (C=O) groups excluding carboxylic acids is 1. The third kappa shape index (κ3) is 2.42. The molecule has 5 nitrogen and oxygen atoms in total. The second-order valence-electron chi connectivity index (χ2n) is 2.95. The van der Waals surface area contributed by atoms with Crippen LogP contribution in [0.15, 0.2) is 17.8 Å². The largest absolute Gasteiger partial charge is 0.477 e. The monoisotopic (exact) mass is 196 g/mol. The van der Waals surface area contributed by atoms with Gasteiger partial charge in [-0.15, -0.1) is 6.58 Å².